The number of fused-ring (bicyclic) bond motifs is 1. The Morgan fingerprint density at radius 1 is 1.09 bits per heavy atom. The molecule has 2 amide bonds. The average molecular weight is 438 g/mol. The molecule has 0 radical (unpaired) electrons. The first-order valence-electron chi connectivity index (χ1n) is 11.0. The molecule has 0 bridgehead atoms. The maximum atomic E-state index is 13.7. The first kappa shape index (κ1) is 22.1. The van der Waals surface area contributed by atoms with Crippen LogP contribution in [0.3, 0.4) is 0 Å². The highest BCUT2D eigenvalue weighted by atomic mass is 19.1. The number of hydrogen-bond acceptors (Lipinski definition) is 5. The standard InChI is InChI=1S/C25H27FN2O4/c1-4-14-25(24(31)32-5-2)20-19(21(27-25)18-9-7-6-8-15(18)3)22(29)28(23(20)30)17-12-10-16(26)11-13-17/h6-13,19-21,27H,4-5,14H2,1-3H3/t19-,20-,21-,25+/m1/s1. The topological polar surface area (TPSA) is 75.7 Å². The van der Waals surface area contributed by atoms with Gasteiger partial charge >= 0.3 is 5.97 Å². The van der Waals surface area contributed by atoms with Gasteiger partial charge in [-0.15, -0.1) is 0 Å². The van der Waals surface area contributed by atoms with Crippen molar-refractivity contribution < 1.29 is 23.5 Å². The third-order valence-corrected chi connectivity index (χ3v) is 6.55. The van der Waals surface area contributed by atoms with Crippen molar-refractivity contribution in [2.75, 3.05) is 11.5 Å². The average Bonchev–Trinajstić information content (AvgIpc) is 3.24. The molecular formula is C25H27FN2O4. The number of nitrogens with zero attached hydrogens (tertiary/aromatic N) is 1. The van der Waals surface area contributed by atoms with Crippen LogP contribution in [0.15, 0.2) is 48.5 Å². The zero-order valence-corrected chi connectivity index (χ0v) is 18.4. The predicted molar refractivity (Wildman–Crippen MR) is 117 cm³/mol. The molecule has 0 spiro atoms. The van der Waals surface area contributed by atoms with E-state index in [4.69, 9.17) is 4.74 Å². The maximum Gasteiger partial charge on any atom is 0.327 e. The molecule has 0 aromatic heterocycles. The normalized spacial score (nSPS) is 27.0. The Balaban J connectivity index is 1.87. The van der Waals surface area contributed by atoms with Gasteiger partial charge in [-0.2, -0.15) is 0 Å². The molecule has 2 aliphatic rings. The van der Waals surface area contributed by atoms with E-state index in [0.29, 0.717) is 18.5 Å². The van der Waals surface area contributed by atoms with Crippen LogP contribution in [-0.4, -0.2) is 29.9 Å². The van der Waals surface area contributed by atoms with Crippen molar-refractivity contribution in [1.29, 1.82) is 0 Å². The minimum absolute atomic E-state index is 0.169. The molecule has 32 heavy (non-hydrogen) atoms. The van der Waals surface area contributed by atoms with E-state index in [1.165, 1.54) is 24.3 Å². The fraction of sp³-hybridized carbons (Fsp3) is 0.400. The summed E-state index contributed by atoms with van der Waals surface area (Å²) in [6.07, 6.45) is 0.971. The van der Waals surface area contributed by atoms with Crippen molar-refractivity contribution >= 4 is 23.5 Å². The van der Waals surface area contributed by atoms with Crippen molar-refractivity contribution in [3.05, 3.63) is 65.5 Å². The van der Waals surface area contributed by atoms with Gasteiger partial charge in [-0.1, -0.05) is 37.6 Å². The Hall–Kier alpha value is -3.06. The highest BCUT2D eigenvalue weighted by molar-refractivity contribution is 6.24. The second kappa shape index (κ2) is 8.47. The largest absolute Gasteiger partial charge is 0.465 e. The number of halogens is 1. The van der Waals surface area contributed by atoms with Crippen LogP contribution in [0.2, 0.25) is 0 Å². The third-order valence-electron chi connectivity index (χ3n) is 6.55. The van der Waals surface area contributed by atoms with E-state index in [1.54, 1.807) is 6.92 Å². The van der Waals surface area contributed by atoms with Crippen molar-refractivity contribution in [2.45, 2.75) is 45.2 Å². The van der Waals surface area contributed by atoms with Gasteiger partial charge in [-0.05, 0) is 55.7 Å². The zero-order chi connectivity index (χ0) is 23.0. The molecular weight excluding hydrogens is 411 g/mol. The van der Waals surface area contributed by atoms with Gasteiger partial charge in [0.15, 0.2) is 0 Å². The van der Waals surface area contributed by atoms with Gasteiger partial charge in [0.1, 0.15) is 11.4 Å². The van der Waals surface area contributed by atoms with E-state index < -0.39 is 47.0 Å². The Bertz CT molecular complexity index is 1050. The van der Waals surface area contributed by atoms with Crippen molar-refractivity contribution in [3.8, 4) is 0 Å². The van der Waals surface area contributed by atoms with Gasteiger partial charge in [0.25, 0.3) is 0 Å². The lowest BCUT2D eigenvalue weighted by atomic mass is 9.76. The van der Waals surface area contributed by atoms with Gasteiger partial charge in [0, 0.05) is 6.04 Å². The van der Waals surface area contributed by atoms with Crippen LogP contribution in [0.5, 0.6) is 0 Å². The number of nitrogens with one attached hydrogen (secondary N) is 1. The van der Waals surface area contributed by atoms with Crippen LogP contribution in [0.1, 0.15) is 43.9 Å². The summed E-state index contributed by atoms with van der Waals surface area (Å²) in [6, 6.07) is 12.4. The lowest BCUT2D eigenvalue weighted by molar-refractivity contribution is -0.155. The lowest BCUT2D eigenvalue weighted by Gasteiger charge is -2.32. The molecule has 2 aliphatic heterocycles. The molecule has 0 aliphatic carbocycles. The van der Waals surface area contributed by atoms with Crippen LogP contribution in [0.4, 0.5) is 10.1 Å². The summed E-state index contributed by atoms with van der Waals surface area (Å²) in [5, 5.41) is 3.39. The number of anilines is 1. The fourth-order valence-electron chi connectivity index (χ4n) is 5.22. The number of carbonyl (C=O) groups is 3. The molecule has 4 atom stereocenters. The number of hydrogen-bond donors (Lipinski definition) is 1. The molecule has 0 unspecified atom stereocenters. The number of ether oxygens (including phenoxy) is 1. The van der Waals surface area contributed by atoms with Crippen LogP contribution in [0, 0.1) is 24.6 Å². The van der Waals surface area contributed by atoms with E-state index in [9.17, 15) is 18.8 Å². The predicted octanol–water partition coefficient (Wildman–Crippen LogP) is 3.69. The number of rotatable bonds is 6. The van der Waals surface area contributed by atoms with E-state index in [-0.39, 0.29) is 6.61 Å². The first-order valence-corrected chi connectivity index (χ1v) is 11.0. The summed E-state index contributed by atoms with van der Waals surface area (Å²) in [4.78, 5) is 41.8. The third kappa shape index (κ3) is 3.32. The number of aryl methyl sites for hydroxylation is 1. The van der Waals surface area contributed by atoms with E-state index in [0.717, 1.165) is 16.0 Å². The minimum atomic E-state index is -1.32. The Morgan fingerprint density at radius 3 is 2.41 bits per heavy atom. The van der Waals surface area contributed by atoms with Gasteiger partial charge < -0.3 is 4.74 Å². The van der Waals surface area contributed by atoms with Crippen molar-refractivity contribution in [1.82, 2.24) is 5.32 Å². The van der Waals surface area contributed by atoms with Crippen LogP contribution < -0.4 is 10.2 Å². The molecule has 4 rings (SSSR count). The van der Waals surface area contributed by atoms with Crippen LogP contribution in [-0.2, 0) is 19.1 Å². The smallest absolute Gasteiger partial charge is 0.327 e. The molecule has 2 saturated heterocycles. The lowest BCUT2D eigenvalue weighted by Crippen LogP contribution is -2.56. The number of esters is 1. The fourth-order valence-corrected chi connectivity index (χ4v) is 5.22. The molecule has 0 saturated carbocycles. The molecule has 2 heterocycles. The van der Waals surface area contributed by atoms with E-state index >= 15 is 0 Å². The summed E-state index contributed by atoms with van der Waals surface area (Å²) >= 11 is 0. The Labute approximate surface area is 186 Å². The summed E-state index contributed by atoms with van der Waals surface area (Å²) in [5.74, 6) is -3.52. The van der Waals surface area contributed by atoms with Gasteiger partial charge in [-0.25, -0.2) is 9.29 Å². The summed E-state index contributed by atoms with van der Waals surface area (Å²) < 4.78 is 18.9. The Morgan fingerprint density at radius 2 is 1.78 bits per heavy atom. The SMILES string of the molecule is CCC[C@]1(C(=O)OCC)N[C@H](c2ccccc2C)[C@@H]2C(=O)N(c3ccc(F)cc3)C(=O)[C@@H]21. The minimum Gasteiger partial charge on any atom is -0.465 e. The van der Waals surface area contributed by atoms with E-state index in [1.807, 2.05) is 38.1 Å². The quantitative estimate of drug-likeness (QED) is 0.550. The number of amides is 2. The molecule has 2 fully saturated rings. The van der Waals surface area contributed by atoms with Crippen molar-refractivity contribution in [2.24, 2.45) is 11.8 Å². The highest BCUT2D eigenvalue weighted by Gasteiger charge is 2.68. The van der Waals surface area contributed by atoms with Gasteiger partial charge in [0.2, 0.25) is 11.8 Å². The molecule has 6 nitrogen and oxygen atoms in total. The molecule has 2 aromatic rings. The number of benzene rings is 2. The van der Waals surface area contributed by atoms with Gasteiger partial charge in [0.05, 0.1) is 24.1 Å². The second-order valence-corrected chi connectivity index (χ2v) is 8.41. The van der Waals surface area contributed by atoms with Crippen LogP contribution >= 0.6 is 0 Å². The maximum absolute atomic E-state index is 13.7. The van der Waals surface area contributed by atoms with Crippen LogP contribution in [0.25, 0.3) is 0 Å². The molecule has 2 aromatic carbocycles. The van der Waals surface area contributed by atoms with Crippen molar-refractivity contribution in [3.63, 3.8) is 0 Å². The summed E-state index contributed by atoms with van der Waals surface area (Å²) in [7, 11) is 0. The molecule has 7 heteroatoms. The number of imide groups is 1. The molecule has 1 N–H and O–H groups in total. The summed E-state index contributed by atoms with van der Waals surface area (Å²) in [5.41, 5.74) is 0.810. The second-order valence-electron chi connectivity index (χ2n) is 8.41. The zero-order valence-electron chi connectivity index (χ0n) is 18.4. The van der Waals surface area contributed by atoms with E-state index in [2.05, 4.69) is 5.32 Å². The Kier molecular flexibility index (Phi) is 5.86. The van der Waals surface area contributed by atoms with Gasteiger partial charge in [-0.3, -0.25) is 19.7 Å². The first-order chi connectivity index (χ1) is 15.4. The highest BCUT2D eigenvalue weighted by Crippen LogP contribution is 2.52. The molecule has 168 valence electrons. The number of carbonyl (C=O) groups excluding carboxylic acids is 3. The monoisotopic (exact) mass is 438 g/mol. The summed E-state index contributed by atoms with van der Waals surface area (Å²) in [6.45, 7) is 5.75.